The van der Waals surface area contributed by atoms with Gasteiger partial charge in [-0.2, -0.15) is 0 Å². The van der Waals surface area contributed by atoms with Gasteiger partial charge >= 0.3 is 0 Å². The number of quaternary nitrogens is 1. The predicted molar refractivity (Wildman–Crippen MR) is 110 cm³/mol. The first-order chi connectivity index (χ1) is 12.5. The van der Waals surface area contributed by atoms with Crippen LogP contribution in [0.25, 0.3) is 0 Å². The summed E-state index contributed by atoms with van der Waals surface area (Å²) in [5, 5.41) is 0. The van der Waals surface area contributed by atoms with Crippen molar-refractivity contribution in [3.05, 3.63) is 71.8 Å². The Morgan fingerprint density at radius 2 is 1.38 bits per heavy atom. The summed E-state index contributed by atoms with van der Waals surface area (Å²) in [6, 6.07) is 21.2. The Morgan fingerprint density at radius 1 is 0.923 bits per heavy atom. The van der Waals surface area contributed by atoms with E-state index in [-0.39, 0.29) is 0 Å². The van der Waals surface area contributed by atoms with Crippen LogP contribution in [-0.4, -0.2) is 25.9 Å². The largest absolute Gasteiger partial charge is 0.337 e. The van der Waals surface area contributed by atoms with E-state index in [9.17, 15) is 4.79 Å². The van der Waals surface area contributed by atoms with Gasteiger partial charge in [0.1, 0.15) is 5.78 Å². The van der Waals surface area contributed by atoms with Crippen LogP contribution in [0.15, 0.2) is 60.7 Å². The van der Waals surface area contributed by atoms with Crippen molar-refractivity contribution in [1.29, 1.82) is 0 Å². The highest BCUT2D eigenvalue weighted by Gasteiger charge is 2.44. The van der Waals surface area contributed by atoms with Crippen LogP contribution in [0.2, 0.25) is 0 Å². The fraction of sp³-hybridized carbons (Fsp3) is 0.458. The summed E-state index contributed by atoms with van der Waals surface area (Å²) in [5.74, 6) is 0.862. The van der Waals surface area contributed by atoms with Crippen LogP contribution >= 0.6 is 0 Å². The van der Waals surface area contributed by atoms with Gasteiger partial charge in [0.05, 0.1) is 25.6 Å². The van der Waals surface area contributed by atoms with Crippen molar-refractivity contribution in [2.45, 2.75) is 51.5 Å². The van der Waals surface area contributed by atoms with Crippen LogP contribution in [0.4, 0.5) is 0 Å². The number of Topliss-reactive ketones (excluding diaryl/α,β-unsaturated/α-hetero) is 1. The number of hydrogen-bond acceptors (Lipinski definition) is 1. The van der Waals surface area contributed by atoms with Gasteiger partial charge in [0.2, 0.25) is 0 Å². The Balaban J connectivity index is 2.69. The van der Waals surface area contributed by atoms with E-state index in [2.05, 4.69) is 76.5 Å². The lowest BCUT2D eigenvalue weighted by Crippen LogP contribution is -3.11. The molecule has 2 atom stereocenters. The minimum atomic E-state index is -0.581. The minimum absolute atomic E-state index is 0.310. The zero-order valence-electron chi connectivity index (χ0n) is 17.0. The summed E-state index contributed by atoms with van der Waals surface area (Å²) >= 11 is 0. The first-order valence-corrected chi connectivity index (χ1v) is 9.91. The molecule has 0 aromatic heterocycles. The molecular weight excluding hydrogens is 318 g/mol. The maximum absolute atomic E-state index is 13.5. The Morgan fingerprint density at radius 3 is 1.73 bits per heavy atom. The van der Waals surface area contributed by atoms with E-state index in [0.717, 1.165) is 24.0 Å². The first kappa shape index (κ1) is 20.4. The number of benzene rings is 2. The molecule has 2 aromatic rings. The van der Waals surface area contributed by atoms with Crippen molar-refractivity contribution >= 4 is 5.78 Å². The Labute approximate surface area is 159 Å². The second kappa shape index (κ2) is 9.14. The average molecular weight is 353 g/mol. The molecule has 0 spiro atoms. The molecule has 0 saturated heterocycles. The number of carbonyl (C=O) groups is 1. The zero-order chi connectivity index (χ0) is 19.2. The molecule has 26 heavy (non-hydrogen) atoms. The predicted octanol–water partition coefficient (Wildman–Crippen LogP) is 3.90. The zero-order valence-corrected chi connectivity index (χ0v) is 17.0. The number of rotatable bonds is 9. The summed E-state index contributed by atoms with van der Waals surface area (Å²) in [5.41, 5.74) is 1.66. The molecule has 0 saturated carbocycles. The molecule has 0 aliphatic rings. The summed E-state index contributed by atoms with van der Waals surface area (Å²) in [7, 11) is 4.43. The number of nitrogens with one attached hydrogen (secondary N) is 1. The van der Waals surface area contributed by atoms with Gasteiger partial charge in [0, 0.05) is 18.8 Å². The lowest BCUT2D eigenvalue weighted by molar-refractivity contribution is -0.890. The summed E-state index contributed by atoms with van der Waals surface area (Å²) < 4.78 is 0. The van der Waals surface area contributed by atoms with Gasteiger partial charge < -0.3 is 4.90 Å². The van der Waals surface area contributed by atoms with Gasteiger partial charge in [0.25, 0.3) is 0 Å². The van der Waals surface area contributed by atoms with Gasteiger partial charge in [-0.05, 0) is 17.5 Å². The van der Waals surface area contributed by atoms with Crippen LogP contribution in [-0.2, 0) is 10.2 Å². The average Bonchev–Trinajstić information content (AvgIpc) is 2.69. The fourth-order valence-corrected chi connectivity index (χ4v) is 4.17. The number of carbonyl (C=O) groups excluding carboxylic acids is 1. The van der Waals surface area contributed by atoms with Crippen molar-refractivity contribution in [2.75, 3.05) is 14.1 Å². The summed E-state index contributed by atoms with van der Waals surface area (Å²) in [6.45, 7) is 6.55. The summed E-state index contributed by atoms with van der Waals surface area (Å²) in [6.07, 6.45) is 2.50. The van der Waals surface area contributed by atoms with Gasteiger partial charge in [-0.1, -0.05) is 81.4 Å². The van der Waals surface area contributed by atoms with Crippen molar-refractivity contribution in [3.63, 3.8) is 0 Å². The molecule has 2 aromatic carbocycles. The summed E-state index contributed by atoms with van der Waals surface area (Å²) in [4.78, 5) is 14.9. The van der Waals surface area contributed by atoms with Crippen molar-refractivity contribution < 1.29 is 9.69 Å². The molecular formula is C24H34NO+. The van der Waals surface area contributed by atoms with Crippen LogP contribution in [0.1, 0.15) is 51.2 Å². The van der Waals surface area contributed by atoms with Gasteiger partial charge in [-0.25, -0.2) is 0 Å². The van der Waals surface area contributed by atoms with E-state index < -0.39 is 5.41 Å². The third-order valence-electron chi connectivity index (χ3n) is 5.93. The molecule has 0 aliphatic heterocycles. The monoisotopic (exact) mass is 352 g/mol. The molecule has 2 heteroatoms. The van der Waals surface area contributed by atoms with Gasteiger partial charge in [-0.3, -0.25) is 4.79 Å². The second-order valence-electron chi connectivity index (χ2n) is 7.69. The molecule has 0 fully saturated rings. The normalized spacial score (nSPS) is 14.2. The Hall–Kier alpha value is -1.93. The smallest absolute Gasteiger partial charge is 0.147 e. The van der Waals surface area contributed by atoms with Gasteiger partial charge in [0.15, 0.2) is 0 Å². The third-order valence-corrected chi connectivity index (χ3v) is 5.93. The maximum atomic E-state index is 13.5. The van der Waals surface area contributed by atoms with E-state index in [1.54, 1.807) is 0 Å². The number of hydrogen-bond donors (Lipinski definition) is 1. The first-order valence-electron chi connectivity index (χ1n) is 9.91. The highest BCUT2D eigenvalue weighted by molar-refractivity contribution is 5.93. The Kier molecular flexibility index (Phi) is 7.16. The SMILES string of the molecule is CCC(=O)C(C[C@H]([C@H](C)CC)[NH+](C)C)(c1ccccc1)c1ccccc1. The third kappa shape index (κ3) is 4.07. The van der Waals surface area contributed by atoms with Crippen LogP contribution in [0.5, 0.6) is 0 Å². The molecule has 0 aliphatic carbocycles. The van der Waals surface area contributed by atoms with Crippen LogP contribution < -0.4 is 4.90 Å². The molecule has 2 nitrogen and oxygen atoms in total. The van der Waals surface area contributed by atoms with Crippen molar-refractivity contribution in [3.8, 4) is 0 Å². The van der Waals surface area contributed by atoms with E-state index >= 15 is 0 Å². The standard InChI is InChI=1S/C24H33NO/c1-6-19(3)22(25(4)5)18-24(23(26)7-2,20-14-10-8-11-15-20)21-16-12-9-13-17-21/h8-17,19,22H,6-7,18H2,1-5H3/p+1/t19-,22-/m1/s1. The quantitative estimate of drug-likeness (QED) is 0.726. The lowest BCUT2D eigenvalue weighted by Gasteiger charge is -2.39. The molecule has 0 amide bonds. The van der Waals surface area contributed by atoms with E-state index in [1.807, 2.05) is 19.1 Å². The Bertz CT molecular complexity index is 638. The lowest BCUT2D eigenvalue weighted by atomic mass is 9.65. The highest BCUT2D eigenvalue weighted by atomic mass is 16.1. The van der Waals surface area contributed by atoms with E-state index in [1.165, 1.54) is 4.90 Å². The molecule has 1 N–H and O–H groups in total. The molecule has 140 valence electrons. The van der Waals surface area contributed by atoms with Crippen LogP contribution in [0.3, 0.4) is 0 Å². The van der Waals surface area contributed by atoms with E-state index in [4.69, 9.17) is 0 Å². The van der Waals surface area contributed by atoms with Gasteiger partial charge in [-0.15, -0.1) is 0 Å². The molecule has 2 rings (SSSR count). The highest BCUT2D eigenvalue weighted by Crippen LogP contribution is 2.39. The maximum Gasteiger partial charge on any atom is 0.147 e. The second-order valence-corrected chi connectivity index (χ2v) is 7.69. The molecule has 0 heterocycles. The molecule has 0 unspecified atom stereocenters. The topological polar surface area (TPSA) is 21.5 Å². The van der Waals surface area contributed by atoms with Crippen molar-refractivity contribution in [1.82, 2.24) is 0 Å². The fourth-order valence-electron chi connectivity index (χ4n) is 4.17. The van der Waals surface area contributed by atoms with Crippen molar-refractivity contribution in [2.24, 2.45) is 5.92 Å². The molecule has 0 bridgehead atoms. The number of ketones is 1. The van der Waals surface area contributed by atoms with Crippen LogP contribution in [0, 0.1) is 5.92 Å². The molecule has 0 radical (unpaired) electrons. The van der Waals surface area contributed by atoms with E-state index in [0.29, 0.717) is 24.2 Å². The minimum Gasteiger partial charge on any atom is -0.337 e.